The van der Waals surface area contributed by atoms with Gasteiger partial charge in [-0.1, -0.05) is 46.3 Å². The molecule has 1 heteroatoms. The second-order valence-electron chi connectivity index (χ2n) is 4.76. The third kappa shape index (κ3) is 3.67. The van der Waals surface area contributed by atoms with Gasteiger partial charge >= 0.3 is 0 Å². The van der Waals surface area contributed by atoms with Gasteiger partial charge in [0.05, 0.1) is 0 Å². The summed E-state index contributed by atoms with van der Waals surface area (Å²) in [6.07, 6.45) is 4.82. The predicted octanol–water partition coefficient (Wildman–Crippen LogP) is 4.98. The number of hydrogen-bond acceptors (Lipinski definition) is 1. The zero-order chi connectivity index (χ0) is 10.6. The summed E-state index contributed by atoms with van der Waals surface area (Å²) in [5, 5.41) is 2.15. The molecule has 1 aromatic rings. The Morgan fingerprint density at radius 1 is 1.43 bits per heavy atom. The van der Waals surface area contributed by atoms with Crippen LogP contribution in [0.15, 0.2) is 23.6 Å². The van der Waals surface area contributed by atoms with Crippen LogP contribution in [0.5, 0.6) is 0 Å². The first-order valence-corrected chi connectivity index (χ1v) is 6.16. The molecule has 0 N–H and O–H groups in total. The van der Waals surface area contributed by atoms with E-state index >= 15 is 0 Å². The van der Waals surface area contributed by atoms with Crippen molar-refractivity contribution in [3.05, 3.63) is 28.5 Å². The molecule has 0 spiro atoms. The lowest BCUT2D eigenvalue weighted by molar-refractivity contribution is 0.544. The molecule has 0 saturated heterocycles. The van der Waals surface area contributed by atoms with Crippen molar-refractivity contribution in [2.45, 2.75) is 40.5 Å². The van der Waals surface area contributed by atoms with Crippen LogP contribution in [-0.4, -0.2) is 0 Å². The third-order valence-electron chi connectivity index (χ3n) is 1.96. The van der Waals surface area contributed by atoms with Crippen LogP contribution in [-0.2, 0) is 0 Å². The van der Waals surface area contributed by atoms with E-state index in [1.54, 1.807) is 0 Å². The van der Waals surface area contributed by atoms with Gasteiger partial charge in [-0.3, -0.25) is 0 Å². The van der Waals surface area contributed by atoms with E-state index in [9.17, 15) is 0 Å². The average Bonchev–Trinajstić information content (AvgIpc) is 2.52. The summed E-state index contributed by atoms with van der Waals surface area (Å²) in [4.78, 5) is 1.43. The van der Waals surface area contributed by atoms with Gasteiger partial charge in [0.15, 0.2) is 0 Å². The fraction of sp³-hybridized carbons (Fsp3) is 0.538. The summed E-state index contributed by atoms with van der Waals surface area (Å²) >= 11 is 1.84. The molecule has 0 amide bonds. The highest BCUT2D eigenvalue weighted by atomic mass is 32.1. The fourth-order valence-corrected chi connectivity index (χ4v) is 2.29. The van der Waals surface area contributed by atoms with Crippen LogP contribution in [0.1, 0.15) is 45.4 Å². The van der Waals surface area contributed by atoms with Crippen LogP contribution in [0.4, 0.5) is 0 Å². The maximum absolute atomic E-state index is 2.41. The lowest BCUT2D eigenvalue weighted by Crippen LogP contribution is -2.00. The van der Waals surface area contributed by atoms with E-state index in [2.05, 4.69) is 51.3 Å². The first kappa shape index (κ1) is 11.5. The molecule has 0 radical (unpaired) electrons. The first-order valence-electron chi connectivity index (χ1n) is 5.28. The van der Waals surface area contributed by atoms with Gasteiger partial charge < -0.3 is 0 Å². The van der Waals surface area contributed by atoms with E-state index in [4.69, 9.17) is 0 Å². The molecule has 0 aromatic carbocycles. The first-order chi connectivity index (χ1) is 6.53. The minimum atomic E-state index is 0.286. The van der Waals surface area contributed by atoms with E-state index in [1.807, 2.05) is 11.3 Å². The molecule has 0 nitrogen and oxygen atoms in total. The van der Waals surface area contributed by atoms with E-state index in [0.717, 1.165) is 0 Å². The molecule has 1 aromatic heterocycles. The standard InChI is InChI=1S/C13H20S/c1-5-7-11(10-13(2,3)4)12-8-6-9-14-12/h6,8-10H,5,7H2,1-4H3/b11-10+. The van der Waals surface area contributed by atoms with E-state index in [1.165, 1.54) is 23.3 Å². The van der Waals surface area contributed by atoms with E-state index in [-0.39, 0.29) is 5.41 Å². The fourth-order valence-electron chi connectivity index (χ4n) is 1.52. The summed E-state index contributed by atoms with van der Waals surface area (Å²) in [6, 6.07) is 4.35. The minimum Gasteiger partial charge on any atom is -0.144 e. The summed E-state index contributed by atoms with van der Waals surface area (Å²) in [6.45, 7) is 9.02. The number of hydrogen-bond donors (Lipinski definition) is 0. The summed E-state index contributed by atoms with van der Waals surface area (Å²) in [5.74, 6) is 0. The quantitative estimate of drug-likeness (QED) is 0.657. The van der Waals surface area contributed by atoms with Crippen molar-refractivity contribution in [1.29, 1.82) is 0 Å². The molecule has 0 saturated carbocycles. The Hall–Kier alpha value is -0.560. The zero-order valence-corrected chi connectivity index (χ0v) is 10.4. The molecule has 0 fully saturated rings. The molecule has 14 heavy (non-hydrogen) atoms. The summed E-state index contributed by atoms with van der Waals surface area (Å²) in [5.41, 5.74) is 1.80. The topological polar surface area (TPSA) is 0 Å². The van der Waals surface area contributed by atoms with Gasteiger partial charge in [-0.25, -0.2) is 0 Å². The third-order valence-corrected chi connectivity index (χ3v) is 2.91. The monoisotopic (exact) mass is 208 g/mol. The van der Waals surface area contributed by atoms with Crippen molar-refractivity contribution < 1.29 is 0 Å². The van der Waals surface area contributed by atoms with Gasteiger partial charge in [-0.15, -0.1) is 11.3 Å². The molecule has 1 rings (SSSR count). The highest BCUT2D eigenvalue weighted by Gasteiger charge is 2.10. The van der Waals surface area contributed by atoms with Crippen LogP contribution in [0.3, 0.4) is 0 Å². The largest absolute Gasteiger partial charge is 0.144 e. The molecule has 0 aliphatic rings. The lowest BCUT2D eigenvalue weighted by atomic mass is 9.91. The van der Waals surface area contributed by atoms with Gasteiger partial charge in [-0.05, 0) is 28.9 Å². The van der Waals surface area contributed by atoms with E-state index < -0.39 is 0 Å². The van der Waals surface area contributed by atoms with Gasteiger partial charge in [0.1, 0.15) is 0 Å². The van der Waals surface area contributed by atoms with Crippen molar-refractivity contribution in [3.63, 3.8) is 0 Å². The summed E-state index contributed by atoms with van der Waals surface area (Å²) < 4.78 is 0. The maximum Gasteiger partial charge on any atom is 0.0299 e. The van der Waals surface area contributed by atoms with E-state index in [0.29, 0.717) is 0 Å². The van der Waals surface area contributed by atoms with Crippen LogP contribution >= 0.6 is 11.3 Å². The Morgan fingerprint density at radius 3 is 2.57 bits per heavy atom. The summed E-state index contributed by atoms with van der Waals surface area (Å²) in [7, 11) is 0. The molecule has 0 aliphatic heterocycles. The Balaban J connectivity index is 2.91. The Kier molecular flexibility index (Phi) is 3.94. The van der Waals surface area contributed by atoms with Gasteiger partial charge in [0.25, 0.3) is 0 Å². The van der Waals surface area contributed by atoms with Gasteiger partial charge in [0, 0.05) is 4.88 Å². The average molecular weight is 208 g/mol. The minimum absolute atomic E-state index is 0.286. The molecular weight excluding hydrogens is 188 g/mol. The molecular formula is C13H20S. The molecule has 0 bridgehead atoms. The molecule has 78 valence electrons. The van der Waals surface area contributed by atoms with Crippen LogP contribution < -0.4 is 0 Å². The second-order valence-corrected chi connectivity index (χ2v) is 5.71. The van der Waals surface area contributed by atoms with Crippen molar-refractivity contribution >= 4 is 16.9 Å². The van der Waals surface area contributed by atoms with Crippen molar-refractivity contribution in [2.75, 3.05) is 0 Å². The lowest BCUT2D eigenvalue weighted by Gasteiger charge is -2.15. The highest BCUT2D eigenvalue weighted by molar-refractivity contribution is 7.11. The van der Waals surface area contributed by atoms with Crippen LogP contribution in [0.2, 0.25) is 0 Å². The Bertz CT molecular complexity index is 286. The second kappa shape index (κ2) is 4.79. The SMILES string of the molecule is CCC/C(=C\C(C)(C)C)c1cccs1. The van der Waals surface area contributed by atoms with Crippen molar-refractivity contribution in [2.24, 2.45) is 5.41 Å². The predicted molar refractivity (Wildman–Crippen MR) is 66.7 cm³/mol. The maximum atomic E-state index is 2.41. The van der Waals surface area contributed by atoms with Gasteiger partial charge in [-0.2, -0.15) is 0 Å². The Morgan fingerprint density at radius 2 is 2.14 bits per heavy atom. The highest BCUT2D eigenvalue weighted by Crippen LogP contribution is 2.29. The van der Waals surface area contributed by atoms with Crippen molar-refractivity contribution in [1.82, 2.24) is 0 Å². The zero-order valence-electron chi connectivity index (χ0n) is 9.63. The smallest absolute Gasteiger partial charge is 0.0299 e. The molecule has 1 heterocycles. The number of thiophene rings is 1. The molecule has 0 unspecified atom stereocenters. The van der Waals surface area contributed by atoms with Crippen molar-refractivity contribution in [3.8, 4) is 0 Å². The van der Waals surface area contributed by atoms with Crippen LogP contribution in [0, 0.1) is 5.41 Å². The molecule has 0 atom stereocenters. The normalized spacial score (nSPS) is 13.3. The van der Waals surface area contributed by atoms with Crippen LogP contribution in [0.25, 0.3) is 5.57 Å². The van der Waals surface area contributed by atoms with Gasteiger partial charge in [0.2, 0.25) is 0 Å². The number of rotatable bonds is 3. The number of allylic oxidation sites excluding steroid dienone is 2. The Labute approximate surface area is 91.7 Å². The molecule has 0 aliphatic carbocycles.